The SMILES string of the molecule is COc1cccc(-c2ccc(C3N=C(Nc4ccc(-c5ccc6c(c5)c5ccccc5n6-c5ccccc5)cc4-c4ccccc4)c4ccc5ccccc5c4N3)cc2)c1. The Morgan fingerprint density at radius 2 is 1.17 bits per heavy atom. The van der Waals surface area contributed by atoms with Crippen molar-refractivity contribution in [1.29, 1.82) is 0 Å². The molecule has 0 aliphatic carbocycles. The second-order valence-electron chi connectivity index (χ2n) is 15.3. The number of aromatic nitrogens is 1. The number of rotatable bonds is 7. The van der Waals surface area contributed by atoms with Crippen molar-refractivity contribution in [3.63, 3.8) is 0 Å². The minimum Gasteiger partial charge on any atom is -0.497 e. The molecule has 1 aliphatic rings. The van der Waals surface area contributed by atoms with Gasteiger partial charge in [-0.25, -0.2) is 4.99 Å². The molecule has 0 bridgehead atoms. The number of ether oxygens (including phenoxy) is 1. The maximum absolute atomic E-state index is 5.50. The van der Waals surface area contributed by atoms with Crippen LogP contribution in [0.4, 0.5) is 11.4 Å². The Bertz CT molecular complexity index is 3240. The topological polar surface area (TPSA) is 50.6 Å². The van der Waals surface area contributed by atoms with Crippen LogP contribution in [0, 0.1) is 0 Å². The lowest BCUT2D eigenvalue weighted by Crippen LogP contribution is -2.25. The van der Waals surface area contributed by atoms with Gasteiger partial charge >= 0.3 is 0 Å². The molecule has 5 heteroatoms. The van der Waals surface area contributed by atoms with E-state index < -0.39 is 0 Å². The summed E-state index contributed by atoms with van der Waals surface area (Å²) in [7, 11) is 1.70. The summed E-state index contributed by atoms with van der Waals surface area (Å²) in [6.07, 6.45) is -0.311. The van der Waals surface area contributed by atoms with Crippen molar-refractivity contribution < 1.29 is 4.74 Å². The fourth-order valence-electron chi connectivity index (χ4n) is 8.73. The Kier molecular flexibility index (Phi) is 8.71. The highest BCUT2D eigenvalue weighted by Crippen LogP contribution is 2.40. The van der Waals surface area contributed by atoms with E-state index in [1.165, 1.54) is 27.2 Å². The van der Waals surface area contributed by atoms with Gasteiger partial charge in [0.05, 0.1) is 23.8 Å². The minimum absolute atomic E-state index is 0.311. The molecule has 0 radical (unpaired) electrons. The summed E-state index contributed by atoms with van der Waals surface area (Å²) >= 11 is 0. The van der Waals surface area contributed by atoms with E-state index in [0.717, 1.165) is 78.5 Å². The molecular weight excluding hydrogens is 733 g/mol. The molecule has 286 valence electrons. The quantitative estimate of drug-likeness (QED) is 0.170. The van der Waals surface area contributed by atoms with Crippen LogP contribution in [0.1, 0.15) is 17.3 Å². The first kappa shape index (κ1) is 35.3. The van der Waals surface area contributed by atoms with Gasteiger partial charge in [-0.1, -0.05) is 146 Å². The zero-order valence-electron chi connectivity index (χ0n) is 33.0. The number of benzene rings is 9. The third-order valence-electron chi connectivity index (χ3n) is 11.7. The van der Waals surface area contributed by atoms with Crippen LogP contribution in [0.5, 0.6) is 5.75 Å². The van der Waals surface area contributed by atoms with Crippen LogP contribution in [0.3, 0.4) is 0 Å². The maximum Gasteiger partial charge on any atom is 0.147 e. The van der Waals surface area contributed by atoms with Crippen molar-refractivity contribution in [3.8, 4) is 44.8 Å². The van der Waals surface area contributed by atoms with Crippen molar-refractivity contribution >= 4 is 49.8 Å². The highest BCUT2D eigenvalue weighted by Gasteiger charge is 2.25. The summed E-state index contributed by atoms with van der Waals surface area (Å²) in [5, 5.41) is 12.5. The van der Waals surface area contributed by atoms with Crippen molar-refractivity contribution in [2.45, 2.75) is 6.17 Å². The molecule has 11 rings (SSSR count). The van der Waals surface area contributed by atoms with Crippen LogP contribution >= 0.6 is 0 Å². The third kappa shape index (κ3) is 6.25. The molecule has 60 heavy (non-hydrogen) atoms. The molecule has 9 aromatic carbocycles. The molecule has 0 spiro atoms. The van der Waals surface area contributed by atoms with Crippen molar-refractivity contribution in [1.82, 2.24) is 4.57 Å². The van der Waals surface area contributed by atoms with E-state index in [0.29, 0.717) is 0 Å². The van der Waals surface area contributed by atoms with Crippen LogP contribution in [0.25, 0.3) is 71.6 Å². The van der Waals surface area contributed by atoms with Crippen molar-refractivity contribution in [2.24, 2.45) is 4.99 Å². The molecule has 5 nitrogen and oxygen atoms in total. The summed E-state index contributed by atoms with van der Waals surface area (Å²) in [4.78, 5) is 5.40. The molecule has 1 atom stereocenters. The number of para-hydroxylation sites is 2. The predicted octanol–water partition coefficient (Wildman–Crippen LogP) is 13.9. The van der Waals surface area contributed by atoms with Gasteiger partial charge in [0, 0.05) is 38.7 Å². The van der Waals surface area contributed by atoms with E-state index in [4.69, 9.17) is 9.73 Å². The molecule has 1 aromatic heterocycles. The van der Waals surface area contributed by atoms with E-state index >= 15 is 0 Å². The Morgan fingerprint density at radius 3 is 2.00 bits per heavy atom. The van der Waals surface area contributed by atoms with Crippen LogP contribution in [0.15, 0.2) is 211 Å². The van der Waals surface area contributed by atoms with Gasteiger partial charge < -0.3 is 19.9 Å². The fraction of sp³-hybridized carbons (Fsp3) is 0.0364. The molecule has 10 aromatic rings. The Morgan fingerprint density at radius 1 is 0.500 bits per heavy atom. The van der Waals surface area contributed by atoms with E-state index in [-0.39, 0.29) is 6.17 Å². The molecule has 0 fully saturated rings. The van der Waals surface area contributed by atoms with E-state index in [1.807, 2.05) is 12.1 Å². The van der Waals surface area contributed by atoms with Gasteiger partial charge in [0.25, 0.3) is 0 Å². The lowest BCUT2D eigenvalue weighted by Gasteiger charge is -2.28. The number of anilines is 2. The number of nitrogens with zero attached hydrogens (tertiary/aromatic N) is 2. The van der Waals surface area contributed by atoms with E-state index in [9.17, 15) is 0 Å². The summed E-state index contributed by atoms with van der Waals surface area (Å²) in [5.74, 6) is 1.65. The van der Waals surface area contributed by atoms with Crippen molar-refractivity contribution in [2.75, 3.05) is 17.7 Å². The van der Waals surface area contributed by atoms with Crippen LogP contribution in [-0.4, -0.2) is 17.5 Å². The zero-order chi connectivity index (χ0) is 40.0. The zero-order valence-corrected chi connectivity index (χ0v) is 33.0. The molecule has 0 saturated heterocycles. The maximum atomic E-state index is 5.50. The first-order valence-corrected chi connectivity index (χ1v) is 20.3. The number of aliphatic imine (C=N–C) groups is 1. The van der Waals surface area contributed by atoms with Gasteiger partial charge in [-0.15, -0.1) is 0 Å². The van der Waals surface area contributed by atoms with Gasteiger partial charge in [0.1, 0.15) is 17.8 Å². The molecule has 2 N–H and O–H groups in total. The largest absolute Gasteiger partial charge is 0.497 e. The second-order valence-corrected chi connectivity index (χ2v) is 15.3. The van der Waals surface area contributed by atoms with Gasteiger partial charge in [-0.2, -0.15) is 0 Å². The first-order chi connectivity index (χ1) is 29.7. The van der Waals surface area contributed by atoms with Gasteiger partial charge in [0.2, 0.25) is 0 Å². The Balaban J connectivity index is 1.01. The lowest BCUT2D eigenvalue weighted by atomic mass is 9.95. The smallest absolute Gasteiger partial charge is 0.147 e. The summed E-state index contributed by atoms with van der Waals surface area (Å²) < 4.78 is 7.86. The standard InChI is InChI=1S/C55H40N4O/c1-60-44-19-12-16-40(33-44)36-23-25-39(26-24-36)54-57-53-45-20-9-8-15-38(45)27-30-47(53)55(58-54)56-50-31-28-41(34-48(50)37-13-4-2-5-14-37)42-29-32-52-49(35-42)46-21-10-11-22-51(46)59(52)43-17-6-3-7-18-43/h2-35,54,57H,1H3,(H,56,58). The monoisotopic (exact) mass is 772 g/mol. The Hall–Kier alpha value is -7.89. The molecular formula is C55H40N4O. The van der Waals surface area contributed by atoms with Gasteiger partial charge in [0.15, 0.2) is 0 Å². The first-order valence-electron chi connectivity index (χ1n) is 20.3. The average Bonchev–Trinajstić information content (AvgIpc) is 3.66. The lowest BCUT2D eigenvalue weighted by molar-refractivity contribution is 0.415. The summed E-state index contributed by atoms with van der Waals surface area (Å²) in [6.45, 7) is 0. The fourth-order valence-corrected chi connectivity index (χ4v) is 8.73. The number of hydrogen-bond donors (Lipinski definition) is 2. The number of methoxy groups -OCH3 is 1. The summed E-state index contributed by atoms with van der Waals surface area (Å²) in [6, 6.07) is 73.3. The third-order valence-corrected chi connectivity index (χ3v) is 11.7. The minimum atomic E-state index is -0.311. The van der Waals surface area contributed by atoms with Crippen LogP contribution in [-0.2, 0) is 0 Å². The molecule has 0 saturated carbocycles. The Labute approximate surface area is 348 Å². The molecule has 1 aliphatic heterocycles. The van der Waals surface area contributed by atoms with E-state index in [1.54, 1.807) is 7.11 Å². The highest BCUT2D eigenvalue weighted by molar-refractivity contribution is 6.18. The summed E-state index contributed by atoms with van der Waals surface area (Å²) in [5.41, 5.74) is 14.4. The molecule has 1 unspecified atom stereocenters. The van der Waals surface area contributed by atoms with Crippen molar-refractivity contribution in [3.05, 3.63) is 217 Å². The normalized spacial score (nSPS) is 13.5. The second kappa shape index (κ2) is 14.8. The number of fused-ring (bicyclic) bond motifs is 6. The molecule has 0 amide bonds. The van der Waals surface area contributed by atoms with Crippen LogP contribution in [0.2, 0.25) is 0 Å². The van der Waals surface area contributed by atoms with Crippen LogP contribution < -0.4 is 15.4 Å². The van der Waals surface area contributed by atoms with Gasteiger partial charge in [-0.3, -0.25) is 0 Å². The van der Waals surface area contributed by atoms with Gasteiger partial charge in [-0.05, 0) is 99.4 Å². The van der Waals surface area contributed by atoms with E-state index in [2.05, 4.69) is 209 Å². The highest BCUT2D eigenvalue weighted by atomic mass is 16.5. The average molecular weight is 773 g/mol. The molecule has 2 heterocycles. The predicted molar refractivity (Wildman–Crippen MR) is 251 cm³/mol. The number of nitrogens with one attached hydrogen (secondary N) is 2. The number of hydrogen-bond acceptors (Lipinski definition) is 4. The number of amidine groups is 1.